The summed E-state index contributed by atoms with van der Waals surface area (Å²) in [6.45, 7) is 0. The van der Waals surface area contributed by atoms with Crippen molar-refractivity contribution in [2.24, 2.45) is 5.73 Å². The molecule has 1 nitrogen and oxygen atoms in total. The van der Waals surface area contributed by atoms with Crippen molar-refractivity contribution in [1.29, 1.82) is 0 Å². The van der Waals surface area contributed by atoms with Gasteiger partial charge in [-0.1, -0.05) is 40.2 Å². The summed E-state index contributed by atoms with van der Waals surface area (Å²) in [6.07, 6.45) is 3.51. The Bertz CT molecular complexity index is 377. The van der Waals surface area contributed by atoms with Gasteiger partial charge in [-0.3, -0.25) is 0 Å². The summed E-state index contributed by atoms with van der Waals surface area (Å²) >= 11 is 3.62. The molecule has 0 aromatic heterocycles. The molecule has 0 radical (unpaired) electrons. The first-order chi connectivity index (χ1) is 6.16. The third-order valence-electron chi connectivity index (χ3n) is 3.58. The minimum absolute atomic E-state index is 0. The minimum Gasteiger partial charge on any atom is -0.316 e. The van der Waals surface area contributed by atoms with Gasteiger partial charge in [0, 0.05) is 5.41 Å². The maximum Gasteiger partial charge on any atom is 0.0825 e. The fourth-order valence-corrected chi connectivity index (χ4v) is 3.59. The number of hydrogen-bond donors (Lipinski definition) is 1. The van der Waals surface area contributed by atoms with Gasteiger partial charge < -0.3 is 5.73 Å². The first-order valence-electron chi connectivity index (χ1n) is 4.72. The van der Waals surface area contributed by atoms with Crippen LogP contribution in [0.15, 0.2) is 24.3 Å². The van der Waals surface area contributed by atoms with Gasteiger partial charge in [-0.2, -0.15) is 0 Å². The fraction of sp³-hybridized carbons (Fsp3) is 0.455. The number of alkyl halides is 1. The van der Waals surface area contributed by atoms with Gasteiger partial charge in [-0.05, 0) is 30.4 Å². The maximum atomic E-state index is 6.14. The van der Waals surface area contributed by atoms with Crippen LogP contribution in [0.5, 0.6) is 0 Å². The van der Waals surface area contributed by atoms with Crippen molar-refractivity contribution in [3.63, 3.8) is 0 Å². The van der Waals surface area contributed by atoms with Gasteiger partial charge in [-0.15, -0.1) is 12.4 Å². The summed E-state index contributed by atoms with van der Waals surface area (Å²) < 4.78 is -0.118. The van der Waals surface area contributed by atoms with Crippen molar-refractivity contribution in [3.8, 4) is 0 Å². The molecule has 1 fully saturated rings. The van der Waals surface area contributed by atoms with Crippen molar-refractivity contribution in [3.05, 3.63) is 35.4 Å². The Balaban J connectivity index is 0.000000750. The molecule has 2 atom stereocenters. The second kappa shape index (κ2) is 2.97. The van der Waals surface area contributed by atoms with Crippen LogP contribution in [0, 0.1) is 0 Å². The molecule has 1 spiro atoms. The van der Waals surface area contributed by atoms with Crippen LogP contribution in [-0.4, -0.2) is 4.45 Å². The van der Waals surface area contributed by atoms with Crippen LogP contribution in [0.1, 0.15) is 24.0 Å². The highest BCUT2D eigenvalue weighted by Crippen LogP contribution is 2.65. The highest BCUT2D eigenvalue weighted by Gasteiger charge is 2.66. The monoisotopic (exact) mass is 273 g/mol. The summed E-state index contributed by atoms with van der Waals surface area (Å²) in [5, 5.41) is 0. The fourth-order valence-electron chi connectivity index (χ4n) is 2.70. The molecule has 1 saturated carbocycles. The molecule has 0 amide bonds. The molecule has 3 rings (SSSR count). The molecule has 1 aromatic rings. The Morgan fingerprint density at radius 3 is 2.57 bits per heavy atom. The van der Waals surface area contributed by atoms with Gasteiger partial charge in [0.1, 0.15) is 0 Å². The highest BCUT2D eigenvalue weighted by atomic mass is 79.9. The number of benzene rings is 1. The smallest absolute Gasteiger partial charge is 0.0825 e. The summed E-state index contributed by atoms with van der Waals surface area (Å²) in [7, 11) is 0. The molecule has 14 heavy (non-hydrogen) atoms. The number of rotatable bonds is 0. The van der Waals surface area contributed by atoms with Gasteiger partial charge in [0.05, 0.1) is 4.45 Å². The van der Waals surface area contributed by atoms with E-state index in [2.05, 4.69) is 40.2 Å². The molecule has 0 bridgehead atoms. The Kier molecular flexibility index (Phi) is 2.22. The van der Waals surface area contributed by atoms with Crippen molar-refractivity contribution in [2.45, 2.75) is 29.1 Å². The van der Waals surface area contributed by atoms with Crippen LogP contribution < -0.4 is 5.73 Å². The van der Waals surface area contributed by atoms with E-state index in [0.717, 1.165) is 6.42 Å². The Labute approximate surface area is 98.6 Å². The first kappa shape index (κ1) is 10.5. The highest BCUT2D eigenvalue weighted by molar-refractivity contribution is 9.10. The van der Waals surface area contributed by atoms with Crippen LogP contribution in [0.4, 0.5) is 0 Å². The van der Waals surface area contributed by atoms with E-state index in [-0.39, 0.29) is 22.3 Å². The SMILES string of the molecule is Cl.NC1(Br)CC12CCc1ccccc12. The Hall–Kier alpha value is -0.0500. The molecule has 2 aliphatic carbocycles. The van der Waals surface area contributed by atoms with Crippen LogP contribution >= 0.6 is 28.3 Å². The molecule has 2 N–H and O–H groups in total. The third-order valence-corrected chi connectivity index (χ3v) is 4.62. The average Bonchev–Trinajstić information content (AvgIpc) is 2.51. The molecule has 0 heterocycles. The maximum absolute atomic E-state index is 6.14. The van der Waals surface area contributed by atoms with Crippen molar-refractivity contribution in [2.75, 3.05) is 0 Å². The topological polar surface area (TPSA) is 26.0 Å². The molecule has 0 saturated heterocycles. The second-order valence-electron chi connectivity index (χ2n) is 4.28. The number of aryl methyl sites for hydroxylation is 1. The van der Waals surface area contributed by atoms with Gasteiger partial charge >= 0.3 is 0 Å². The van der Waals surface area contributed by atoms with Crippen LogP contribution in [-0.2, 0) is 11.8 Å². The molecule has 3 heteroatoms. The van der Waals surface area contributed by atoms with Gasteiger partial charge in [0.25, 0.3) is 0 Å². The van der Waals surface area contributed by atoms with Crippen LogP contribution in [0.3, 0.4) is 0 Å². The minimum atomic E-state index is -0.118. The third kappa shape index (κ3) is 1.11. The van der Waals surface area contributed by atoms with E-state index in [1.807, 2.05) is 0 Å². The quantitative estimate of drug-likeness (QED) is 0.571. The molecule has 2 unspecified atom stereocenters. The van der Waals surface area contributed by atoms with Crippen molar-refractivity contribution in [1.82, 2.24) is 0 Å². The van der Waals surface area contributed by atoms with E-state index < -0.39 is 0 Å². The van der Waals surface area contributed by atoms with Gasteiger partial charge in [0.15, 0.2) is 0 Å². The zero-order valence-electron chi connectivity index (χ0n) is 7.79. The number of hydrogen-bond acceptors (Lipinski definition) is 1. The predicted molar refractivity (Wildman–Crippen MR) is 64.2 cm³/mol. The lowest BCUT2D eigenvalue weighted by molar-refractivity contribution is 0.637. The summed E-state index contributed by atoms with van der Waals surface area (Å²) in [6, 6.07) is 8.70. The van der Waals surface area contributed by atoms with E-state index in [1.54, 1.807) is 0 Å². The van der Waals surface area contributed by atoms with Crippen molar-refractivity contribution < 1.29 is 0 Å². The zero-order valence-corrected chi connectivity index (χ0v) is 10.2. The molecular formula is C11H13BrClN. The molecular weight excluding hydrogens is 261 g/mol. The van der Waals surface area contributed by atoms with E-state index in [4.69, 9.17) is 5.73 Å². The molecule has 76 valence electrons. The van der Waals surface area contributed by atoms with E-state index in [0.29, 0.717) is 0 Å². The normalized spacial score (nSPS) is 37.9. The van der Waals surface area contributed by atoms with Gasteiger partial charge in [-0.25, -0.2) is 0 Å². The molecule has 2 aliphatic rings. The van der Waals surface area contributed by atoms with Crippen LogP contribution in [0.25, 0.3) is 0 Å². The summed E-state index contributed by atoms with van der Waals surface area (Å²) in [5.41, 5.74) is 9.38. The number of nitrogens with two attached hydrogens (primary N) is 1. The lowest BCUT2D eigenvalue weighted by Gasteiger charge is -2.12. The average molecular weight is 275 g/mol. The predicted octanol–water partition coefficient (Wildman–Crippen LogP) is 2.75. The van der Waals surface area contributed by atoms with Crippen molar-refractivity contribution >= 4 is 28.3 Å². The van der Waals surface area contributed by atoms with E-state index >= 15 is 0 Å². The van der Waals surface area contributed by atoms with E-state index in [1.165, 1.54) is 24.0 Å². The lowest BCUT2D eigenvalue weighted by atomic mass is 9.98. The lowest BCUT2D eigenvalue weighted by Crippen LogP contribution is -2.24. The first-order valence-corrected chi connectivity index (χ1v) is 5.51. The molecule has 1 aromatic carbocycles. The Morgan fingerprint density at radius 2 is 1.93 bits per heavy atom. The standard InChI is InChI=1S/C11H12BrN.ClH/c12-11(13)7-10(11)6-5-8-3-1-2-4-9(8)10;/h1-4H,5-7,13H2;1H. The van der Waals surface area contributed by atoms with Crippen LogP contribution in [0.2, 0.25) is 0 Å². The largest absolute Gasteiger partial charge is 0.316 e. The summed E-state index contributed by atoms with van der Waals surface area (Å²) in [5.74, 6) is 0. The Morgan fingerprint density at radius 1 is 1.29 bits per heavy atom. The number of fused-ring (bicyclic) bond motifs is 2. The number of halogens is 2. The van der Waals surface area contributed by atoms with E-state index in [9.17, 15) is 0 Å². The molecule has 0 aliphatic heterocycles. The van der Waals surface area contributed by atoms with Gasteiger partial charge in [0.2, 0.25) is 0 Å². The second-order valence-corrected chi connectivity index (χ2v) is 5.69. The summed E-state index contributed by atoms with van der Waals surface area (Å²) in [4.78, 5) is 0. The zero-order chi connectivity index (χ0) is 9.10.